The quantitative estimate of drug-likeness (QED) is 0.599. The van der Waals surface area contributed by atoms with Gasteiger partial charge in [-0.2, -0.15) is 11.8 Å². The lowest BCUT2D eigenvalue weighted by Gasteiger charge is -2.17. The van der Waals surface area contributed by atoms with Crippen LogP contribution in [0.1, 0.15) is 28.3 Å². The summed E-state index contributed by atoms with van der Waals surface area (Å²) in [7, 11) is 0. The van der Waals surface area contributed by atoms with Crippen molar-refractivity contribution in [3.8, 4) is 0 Å². The van der Waals surface area contributed by atoms with Crippen molar-refractivity contribution >= 4 is 34.5 Å². The lowest BCUT2D eigenvalue weighted by atomic mass is 10.1. The fraction of sp³-hybridized carbons (Fsp3) is 0.300. The lowest BCUT2D eigenvalue weighted by Crippen LogP contribution is -2.46. The first-order valence-corrected chi connectivity index (χ1v) is 10.2. The second-order valence-electron chi connectivity index (χ2n) is 6.29. The SMILES string of the molecule is CSCCC(NC(=O)c1ccco1)C(=O)NCc1oc2ccc(F)cc2c1C. The minimum Gasteiger partial charge on any atom is -0.459 e. The molecule has 148 valence electrons. The highest BCUT2D eigenvalue weighted by atomic mass is 32.2. The molecule has 2 heterocycles. The molecule has 28 heavy (non-hydrogen) atoms. The number of carbonyl (C=O) groups excluding carboxylic acids is 2. The molecule has 8 heteroatoms. The largest absolute Gasteiger partial charge is 0.459 e. The molecule has 0 aliphatic rings. The Hall–Kier alpha value is -2.74. The molecule has 2 aromatic heterocycles. The second-order valence-corrected chi connectivity index (χ2v) is 7.28. The van der Waals surface area contributed by atoms with Crippen LogP contribution in [0.25, 0.3) is 11.0 Å². The molecule has 0 fully saturated rings. The molecule has 1 unspecified atom stereocenters. The van der Waals surface area contributed by atoms with Crippen LogP contribution in [0.15, 0.2) is 45.4 Å². The van der Waals surface area contributed by atoms with Crippen LogP contribution in [-0.2, 0) is 11.3 Å². The molecule has 0 radical (unpaired) electrons. The van der Waals surface area contributed by atoms with Gasteiger partial charge in [0.1, 0.15) is 23.2 Å². The molecule has 0 aliphatic heterocycles. The van der Waals surface area contributed by atoms with Crippen molar-refractivity contribution in [1.29, 1.82) is 0 Å². The van der Waals surface area contributed by atoms with E-state index in [0.29, 0.717) is 28.9 Å². The van der Waals surface area contributed by atoms with Crippen LogP contribution >= 0.6 is 11.8 Å². The number of hydrogen-bond acceptors (Lipinski definition) is 5. The third-order valence-electron chi connectivity index (χ3n) is 4.40. The predicted molar refractivity (Wildman–Crippen MR) is 106 cm³/mol. The normalized spacial score (nSPS) is 12.1. The molecule has 1 atom stereocenters. The van der Waals surface area contributed by atoms with Crippen molar-refractivity contribution in [3.63, 3.8) is 0 Å². The molecule has 1 aromatic carbocycles. The zero-order valence-corrected chi connectivity index (χ0v) is 16.4. The van der Waals surface area contributed by atoms with E-state index in [0.717, 1.165) is 5.56 Å². The molecule has 0 bridgehead atoms. The van der Waals surface area contributed by atoms with E-state index in [4.69, 9.17) is 8.83 Å². The van der Waals surface area contributed by atoms with E-state index in [-0.39, 0.29) is 24.0 Å². The Morgan fingerprint density at radius 1 is 1.29 bits per heavy atom. The third-order valence-corrected chi connectivity index (χ3v) is 5.04. The topological polar surface area (TPSA) is 84.5 Å². The minimum atomic E-state index is -0.702. The fourth-order valence-electron chi connectivity index (χ4n) is 2.84. The van der Waals surface area contributed by atoms with Crippen LogP contribution in [0.5, 0.6) is 0 Å². The number of thioether (sulfide) groups is 1. The fourth-order valence-corrected chi connectivity index (χ4v) is 3.32. The van der Waals surface area contributed by atoms with Crippen LogP contribution in [0, 0.1) is 12.7 Å². The molecule has 2 amide bonds. The van der Waals surface area contributed by atoms with Gasteiger partial charge in [-0.25, -0.2) is 4.39 Å². The number of carbonyl (C=O) groups is 2. The monoisotopic (exact) mass is 404 g/mol. The standard InChI is InChI=1S/C20H21FN2O4S/c1-12-14-10-13(21)5-6-16(14)27-18(12)11-22-19(24)15(7-9-28-2)23-20(25)17-4-3-8-26-17/h3-6,8,10,15H,7,9,11H2,1-2H3,(H,22,24)(H,23,25). The average Bonchev–Trinajstić information content (AvgIpc) is 3.32. The van der Waals surface area contributed by atoms with Crippen LogP contribution in [0.2, 0.25) is 0 Å². The van der Waals surface area contributed by atoms with Crippen molar-refractivity contribution in [2.45, 2.75) is 25.9 Å². The number of hydrogen-bond donors (Lipinski definition) is 2. The Kier molecular flexibility index (Phi) is 6.41. The van der Waals surface area contributed by atoms with E-state index < -0.39 is 11.9 Å². The van der Waals surface area contributed by atoms with Gasteiger partial charge in [0, 0.05) is 10.9 Å². The minimum absolute atomic E-state index is 0.146. The van der Waals surface area contributed by atoms with Gasteiger partial charge in [0.15, 0.2) is 5.76 Å². The Bertz CT molecular complexity index is 968. The maximum Gasteiger partial charge on any atom is 0.287 e. The van der Waals surface area contributed by atoms with Crippen molar-refractivity contribution < 1.29 is 22.8 Å². The van der Waals surface area contributed by atoms with Crippen molar-refractivity contribution in [2.24, 2.45) is 0 Å². The molecule has 0 saturated heterocycles. The maximum atomic E-state index is 13.4. The summed E-state index contributed by atoms with van der Waals surface area (Å²) in [5.41, 5.74) is 1.34. The molecule has 3 aromatic rings. The van der Waals surface area contributed by atoms with Gasteiger partial charge in [0.25, 0.3) is 5.91 Å². The number of halogens is 1. The van der Waals surface area contributed by atoms with Gasteiger partial charge in [-0.3, -0.25) is 9.59 Å². The van der Waals surface area contributed by atoms with E-state index in [1.54, 1.807) is 23.9 Å². The summed E-state index contributed by atoms with van der Waals surface area (Å²) in [4.78, 5) is 24.9. The van der Waals surface area contributed by atoms with Crippen molar-refractivity contribution in [3.05, 3.63) is 59.5 Å². The van der Waals surface area contributed by atoms with E-state index in [1.807, 2.05) is 13.2 Å². The Labute approximate surface area is 165 Å². The van der Waals surface area contributed by atoms with E-state index in [1.165, 1.54) is 24.5 Å². The summed E-state index contributed by atoms with van der Waals surface area (Å²) >= 11 is 1.58. The number of aryl methyl sites for hydroxylation is 1. The summed E-state index contributed by atoms with van der Waals surface area (Å²) in [5.74, 6) is 0.304. The van der Waals surface area contributed by atoms with Crippen LogP contribution in [0.4, 0.5) is 4.39 Å². The number of fused-ring (bicyclic) bond motifs is 1. The average molecular weight is 404 g/mol. The maximum absolute atomic E-state index is 13.4. The third kappa shape index (κ3) is 4.56. The zero-order chi connectivity index (χ0) is 20.1. The highest BCUT2D eigenvalue weighted by molar-refractivity contribution is 7.98. The summed E-state index contributed by atoms with van der Waals surface area (Å²) in [6.45, 7) is 1.96. The molecule has 0 spiro atoms. The number of amides is 2. The van der Waals surface area contributed by atoms with E-state index >= 15 is 0 Å². The smallest absolute Gasteiger partial charge is 0.287 e. The van der Waals surface area contributed by atoms with Crippen LogP contribution < -0.4 is 10.6 Å². The van der Waals surface area contributed by atoms with Gasteiger partial charge in [0.2, 0.25) is 5.91 Å². The van der Waals surface area contributed by atoms with Crippen molar-refractivity contribution in [2.75, 3.05) is 12.0 Å². The summed E-state index contributed by atoms with van der Waals surface area (Å²) in [5, 5.41) is 6.17. The first kappa shape index (κ1) is 20.0. The number of furan rings is 2. The van der Waals surface area contributed by atoms with Crippen LogP contribution in [0.3, 0.4) is 0 Å². The number of rotatable bonds is 8. The number of nitrogens with one attached hydrogen (secondary N) is 2. The zero-order valence-electron chi connectivity index (χ0n) is 15.6. The molecule has 6 nitrogen and oxygen atoms in total. The second kappa shape index (κ2) is 8.97. The first-order valence-electron chi connectivity index (χ1n) is 8.78. The summed E-state index contributed by atoms with van der Waals surface area (Å²) < 4.78 is 24.2. The molecule has 0 saturated carbocycles. The number of benzene rings is 1. The highest BCUT2D eigenvalue weighted by Crippen LogP contribution is 2.25. The van der Waals surface area contributed by atoms with Gasteiger partial charge in [-0.15, -0.1) is 0 Å². The Balaban J connectivity index is 1.67. The van der Waals surface area contributed by atoms with Crippen LogP contribution in [-0.4, -0.2) is 29.9 Å². The van der Waals surface area contributed by atoms with Gasteiger partial charge in [-0.05, 0) is 55.7 Å². The molecular weight excluding hydrogens is 383 g/mol. The van der Waals surface area contributed by atoms with Gasteiger partial charge in [-0.1, -0.05) is 0 Å². The predicted octanol–water partition coefficient (Wildman–Crippen LogP) is 3.64. The highest BCUT2D eigenvalue weighted by Gasteiger charge is 2.23. The van der Waals surface area contributed by atoms with Gasteiger partial charge >= 0.3 is 0 Å². The summed E-state index contributed by atoms with van der Waals surface area (Å²) in [6, 6.07) is 6.75. The summed E-state index contributed by atoms with van der Waals surface area (Å²) in [6.07, 6.45) is 3.81. The van der Waals surface area contributed by atoms with Gasteiger partial charge in [0.05, 0.1) is 12.8 Å². The molecule has 0 aliphatic carbocycles. The van der Waals surface area contributed by atoms with E-state index in [2.05, 4.69) is 10.6 Å². The van der Waals surface area contributed by atoms with Crippen molar-refractivity contribution in [1.82, 2.24) is 10.6 Å². The Morgan fingerprint density at radius 3 is 2.82 bits per heavy atom. The molecule has 2 N–H and O–H groups in total. The van der Waals surface area contributed by atoms with E-state index in [9.17, 15) is 14.0 Å². The molecule has 3 rings (SSSR count). The first-order chi connectivity index (χ1) is 13.5. The molecular formula is C20H21FN2O4S. The van der Waals surface area contributed by atoms with Gasteiger partial charge < -0.3 is 19.5 Å². The Morgan fingerprint density at radius 2 is 2.11 bits per heavy atom. The lowest BCUT2D eigenvalue weighted by molar-refractivity contribution is -0.123.